The molecule has 0 bridgehead atoms. The zero-order valence-electron chi connectivity index (χ0n) is 27.5. The highest BCUT2D eigenvalue weighted by Crippen LogP contribution is 2.50. The van der Waals surface area contributed by atoms with Gasteiger partial charge in [0.25, 0.3) is 0 Å². The van der Waals surface area contributed by atoms with Crippen molar-refractivity contribution < 1.29 is 19.1 Å². The van der Waals surface area contributed by atoms with Crippen molar-refractivity contribution in [2.24, 2.45) is 10.4 Å². The number of benzene rings is 4. The van der Waals surface area contributed by atoms with Gasteiger partial charge in [-0.05, 0) is 102 Å². The van der Waals surface area contributed by atoms with Gasteiger partial charge in [0.1, 0.15) is 5.41 Å². The SMILES string of the molecule is Cc1cc(C)c(N2C(=O)C(C)(C)C(=O)N(c3c(C)cc(C)cc3C)C23OC(=Nc2ccccc2)N(c2ccccc2)C3=O)c(C)c1. The van der Waals surface area contributed by atoms with Gasteiger partial charge < -0.3 is 4.74 Å². The first kappa shape index (κ1) is 30.8. The number of aliphatic imine (C=N–C) groups is 1. The maximum atomic E-state index is 15.5. The molecule has 8 nitrogen and oxygen atoms in total. The molecule has 2 heterocycles. The molecule has 0 aromatic heterocycles. The van der Waals surface area contributed by atoms with Crippen molar-refractivity contribution in [3.63, 3.8) is 0 Å². The van der Waals surface area contributed by atoms with Crippen LogP contribution in [0.25, 0.3) is 0 Å². The molecule has 0 N–H and O–H groups in total. The number of rotatable bonds is 4. The predicted octanol–water partition coefficient (Wildman–Crippen LogP) is 7.35. The van der Waals surface area contributed by atoms with Crippen LogP contribution in [0.2, 0.25) is 0 Å². The molecule has 0 radical (unpaired) electrons. The molecule has 0 aliphatic carbocycles. The van der Waals surface area contributed by atoms with Gasteiger partial charge in [-0.2, -0.15) is 4.99 Å². The second-order valence-corrected chi connectivity index (χ2v) is 12.8. The second kappa shape index (κ2) is 11.0. The number of nitrogens with zero attached hydrogens (tertiary/aromatic N) is 4. The molecule has 1 spiro atoms. The topological polar surface area (TPSA) is 82.5 Å². The normalized spacial score (nSPS) is 18.1. The van der Waals surface area contributed by atoms with E-state index in [-0.39, 0.29) is 6.02 Å². The van der Waals surface area contributed by atoms with Crippen LogP contribution in [0.4, 0.5) is 22.7 Å². The molecule has 0 atom stereocenters. The van der Waals surface area contributed by atoms with Crippen molar-refractivity contribution in [1.82, 2.24) is 0 Å². The Morgan fingerprint density at radius 1 is 0.587 bits per heavy atom. The monoisotopic (exact) mass is 614 g/mol. The molecule has 2 aliphatic heterocycles. The highest BCUT2D eigenvalue weighted by atomic mass is 16.6. The minimum atomic E-state index is -2.28. The van der Waals surface area contributed by atoms with Crippen molar-refractivity contribution in [3.05, 3.63) is 118 Å². The number of anilines is 3. The van der Waals surface area contributed by atoms with Gasteiger partial charge in [0.15, 0.2) is 0 Å². The van der Waals surface area contributed by atoms with Crippen LogP contribution in [-0.2, 0) is 19.1 Å². The lowest BCUT2D eigenvalue weighted by molar-refractivity contribution is -0.154. The molecule has 0 unspecified atom stereocenters. The van der Waals surface area contributed by atoms with E-state index in [9.17, 15) is 9.59 Å². The molecule has 0 saturated carbocycles. The molecule has 4 aromatic rings. The Bertz CT molecular complexity index is 1810. The van der Waals surface area contributed by atoms with Crippen LogP contribution < -0.4 is 14.7 Å². The van der Waals surface area contributed by atoms with Gasteiger partial charge in [-0.3, -0.25) is 14.4 Å². The quantitative estimate of drug-likeness (QED) is 0.225. The first-order valence-corrected chi connectivity index (χ1v) is 15.4. The zero-order chi connectivity index (χ0) is 33.1. The Morgan fingerprint density at radius 2 is 1.00 bits per heavy atom. The summed E-state index contributed by atoms with van der Waals surface area (Å²) in [6.07, 6.45) is 0. The summed E-state index contributed by atoms with van der Waals surface area (Å²) in [4.78, 5) is 54.1. The Hall–Kier alpha value is -5.24. The van der Waals surface area contributed by atoms with Crippen LogP contribution in [0.15, 0.2) is 89.9 Å². The van der Waals surface area contributed by atoms with Crippen molar-refractivity contribution >= 4 is 46.5 Å². The molecule has 2 aliphatic rings. The van der Waals surface area contributed by atoms with Gasteiger partial charge in [-0.15, -0.1) is 0 Å². The average molecular weight is 615 g/mol. The third-order valence-corrected chi connectivity index (χ3v) is 8.70. The first-order valence-electron chi connectivity index (χ1n) is 15.4. The first-order chi connectivity index (χ1) is 21.8. The molecule has 6 rings (SSSR count). The standard InChI is InChI=1S/C38H38N4O4/c1-23-19-25(3)31(26(4)20-23)41-33(43)37(7,8)34(44)42(32-27(5)21-24(2)22-28(32)6)38(41)35(45)40(30-17-13-10-14-18-30)36(46-38)39-29-15-11-9-12-16-29/h9-22H,1-8H3. The average Bonchev–Trinajstić information content (AvgIpc) is 3.27. The lowest BCUT2D eigenvalue weighted by Gasteiger charge is -2.53. The third-order valence-electron chi connectivity index (χ3n) is 8.70. The summed E-state index contributed by atoms with van der Waals surface area (Å²) in [5.74, 6) is -4.01. The van der Waals surface area contributed by atoms with Crippen LogP contribution in [0, 0.1) is 47.0 Å². The molecule has 3 amide bonds. The van der Waals surface area contributed by atoms with E-state index in [1.807, 2.05) is 102 Å². The summed E-state index contributed by atoms with van der Waals surface area (Å²) in [5, 5.41) is 0. The van der Waals surface area contributed by atoms with E-state index in [0.717, 1.165) is 33.4 Å². The third kappa shape index (κ3) is 4.59. The Kier molecular flexibility index (Phi) is 7.34. The Labute approximate surface area is 269 Å². The van der Waals surface area contributed by atoms with Crippen molar-refractivity contribution in [1.29, 1.82) is 0 Å². The van der Waals surface area contributed by atoms with Crippen molar-refractivity contribution in [3.8, 4) is 0 Å². The fourth-order valence-corrected chi connectivity index (χ4v) is 6.80. The number of aryl methyl sites for hydroxylation is 6. The summed E-state index contributed by atoms with van der Waals surface area (Å²) >= 11 is 0. The molecular formula is C38H38N4O4. The predicted molar refractivity (Wildman–Crippen MR) is 181 cm³/mol. The summed E-state index contributed by atoms with van der Waals surface area (Å²) in [6.45, 7) is 14.8. The van der Waals surface area contributed by atoms with E-state index in [1.165, 1.54) is 14.7 Å². The number of carbonyl (C=O) groups excluding carboxylic acids is 3. The summed E-state index contributed by atoms with van der Waals surface area (Å²) < 4.78 is 6.86. The number of ether oxygens (including phenoxy) is 1. The van der Waals surface area contributed by atoms with Crippen LogP contribution >= 0.6 is 0 Å². The number of amidine groups is 1. The minimum absolute atomic E-state index is 0.0532. The highest BCUT2D eigenvalue weighted by Gasteiger charge is 2.72. The van der Waals surface area contributed by atoms with Crippen LogP contribution in [0.1, 0.15) is 47.2 Å². The fourth-order valence-electron chi connectivity index (χ4n) is 6.80. The molecule has 46 heavy (non-hydrogen) atoms. The van der Waals surface area contributed by atoms with E-state index < -0.39 is 29.0 Å². The number of hydrogen-bond donors (Lipinski definition) is 0. The molecule has 4 aromatic carbocycles. The Balaban J connectivity index is 1.75. The van der Waals surface area contributed by atoms with E-state index >= 15 is 4.79 Å². The van der Waals surface area contributed by atoms with Crippen LogP contribution in [-0.4, -0.2) is 29.6 Å². The van der Waals surface area contributed by atoms with Crippen LogP contribution in [0.3, 0.4) is 0 Å². The maximum Gasteiger partial charge on any atom is 0.363 e. The van der Waals surface area contributed by atoms with Gasteiger partial charge >= 0.3 is 17.8 Å². The number of hydrogen-bond acceptors (Lipinski definition) is 5. The number of carbonyl (C=O) groups is 3. The van der Waals surface area contributed by atoms with Gasteiger partial charge in [0.05, 0.1) is 22.7 Å². The lowest BCUT2D eigenvalue weighted by atomic mass is 9.83. The second-order valence-electron chi connectivity index (χ2n) is 12.8. The lowest BCUT2D eigenvalue weighted by Crippen LogP contribution is -2.78. The Morgan fingerprint density at radius 3 is 1.43 bits per heavy atom. The smallest absolute Gasteiger partial charge is 0.363 e. The zero-order valence-corrected chi connectivity index (χ0v) is 27.5. The summed E-state index contributed by atoms with van der Waals surface area (Å²) in [7, 11) is 0. The molecule has 234 valence electrons. The fraction of sp³-hybridized carbons (Fsp3) is 0.263. The number of amides is 3. The summed E-state index contributed by atoms with van der Waals surface area (Å²) in [5.41, 5.74) is 5.58. The molecular weight excluding hydrogens is 576 g/mol. The molecule has 8 heteroatoms. The molecule has 2 fully saturated rings. The van der Waals surface area contributed by atoms with Gasteiger partial charge in [-0.1, -0.05) is 71.8 Å². The van der Waals surface area contributed by atoms with Gasteiger partial charge in [0.2, 0.25) is 11.8 Å². The van der Waals surface area contributed by atoms with Gasteiger partial charge in [0, 0.05) is 0 Å². The van der Waals surface area contributed by atoms with Crippen molar-refractivity contribution in [2.45, 2.75) is 61.2 Å². The molecule has 2 saturated heterocycles. The van der Waals surface area contributed by atoms with E-state index in [1.54, 1.807) is 38.1 Å². The van der Waals surface area contributed by atoms with Crippen LogP contribution in [0.5, 0.6) is 0 Å². The van der Waals surface area contributed by atoms with E-state index in [0.29, 0.717) is 22.7 Å². The highest BCUT2D eigenvalue weighted by molar-refractivity contribution is 6.32. The van der Waals surface area contributed by atoms with Crippen molar-refractivity contribution in [2.75, 3.05) is 14.7 Å². The number of para-hydroxylation sites is 2. The maximum absolute atomic E-state index is 15.5. The minimum Gasteiger partial charge on any atom is -0.408 e. The summed E-state index contributed by atoms with van der Waals surface area (Å²) in [6, 6.07) is 26.0. The van der Waals surface area contributed by atoms with E-state index in [4.69, 9.17) is 9.73 Å². The largest absolute Gasteiger partial charge is 0.408 e. The van der Waals surface area contributed by atoms with Gasteiger partial charge in [-0.25, -0.2) is 14.7 Å². The van der Waals surface area contributed by atoms with E-state index in [2.05, 4.69) is 0 Å².